The highest BCUT2D eigenvalue weighted by Gasteiger charge is 2.15. The first-order chi connectivity index (χ1) is 9.15. The lowest BCUT2D eigenvalue weighted by atomic mass is 10.1. The van der Waals surface area contributed by atoms with Crippen LogP contribution in [0.2, 0.25) is 0 Å². The summed E-state index contributed by atoms with van der Waals surface area (Å²) in [5.74, 6) is 0. The Kier molecular flexibility index (Phi) is 4.89. The Morgan fingerprint density at radius 1 is 1.15 bits per heavy atom. The Hall–Kier alpha value is -0.840. The van der Waals surface area contributed by atoms with Gasteiger partial charge < -0.3 is 10.2 Å². The molecular weight excluding hydrogens is 338 g/mol. The van der Waals surface area contributed by atoms with Crippen molar-refractivity contribution in [2.75, 3.05) is 31.1 Å². The molecule has 5 heteroatoms. The molecule has 0 saturated carbocycles. The zero-order valence-electron chi connectivity index (χ0n) is 11.7. The number of nitrogens with one attached hydrogen (secondary N) is 1. The summed E-state index contributed by atoms with van der Waals surface area (Å²) in [5, 5.41) is 4.65. The number of piperazine rings is 1. The molecule has 0 spiro atoms. The molecule has 0 unspecified atom stereocenters. The number of hydrogen-bond acceptors (Lipinski definition) is 3. The van der Waals surface area contributed by atoms with Crippen LogP contribution in [-0.4, -0.2) is 31.2 Å². The van der Waals surface area contributed by atoms with Gasteiger partial charge in [0.25, 0.3) is 0 Å². The van der Waals surface area contributed by atoms with Gasteiger partial charge in [-0.2, -0.15) is 0 Å². The summed E-state index contributed by atoms with van der Waals surface area (Å²) < 4.78 is 1.09. The number of anilines is 1. The number of halogens is 2. The standard InChI is InChI=1S/C15H18BrN3.ClH/c1-10-7-12-14(19-5-3-17-4-6-19)9-11(2)18-15(12)13(16)8-10;/h7-9,17H,3-6H2,1-2H3;1H. The second-order valence-electron chi connectivity index (χ2n) is 5.16. The molecule has 0 aliphatic carbocycles. The van der Waals surface area contributed by atoms with Crippen molar-refractivity contribution in [3.05, 3.63) is 33.9 Å². The van der Waals surface area contributed by atoms with E-state index in [2.05, 4.69) is 63.2 Å². The van der Waals surface area contributed by atoms with Crippen LogP contribution in [0.15, 0.2) is 22.7 Å². The molecule has 1 aromatic heterocycles. The van der Waals surface area contributed by atoms with E-state index in [9.17, 15) is 0 Å². The van der Waals surface area contributed by atoms with Gasteiger partial charge in [0.05, 0.1) is 5.52 Å². The highest BCUT2D eigenvalue weighted by molar-refractivity contribution is 9.10. The average Bonchev–Trinajstić information content (AvgIpc) is 2.40. The van der Waals surface area contributed by atoms with Crippen molar-refractivity contribution in [3.63, 3.8) is 0 Å². The van der Waals surface area contributed by atoms with Crippen molar-refractivity contribution in [2.24, 2.45) is 0 Å². The SMILES string of the molecule is Cc1cc(Br)c2nc(C)cc(N3CCNCC3)c2c1.Cl. The Labute approximate surface area is 134 Å². The Morgan fingerprint density at radius 3 is 2.55 bits per heavy atom. The first kappa shape index (κ1) is 15.5. The molecule has 0 amide bonds. The normalized spacial score (nSPS) is 15.2. The zero-order valence-corrected chi connectivity index (χ0v) is 14.1. The van der Waals surface area contributed by atoms with Gasteiger partial charge in [0.2, 0.25) is 0 Å². The van der Waals surface area contributed by atoms with E-state index in [0.29, 0.717) is 0 Å². The van der Waals surface area contributed by atoms with Crippen LogP contribution in [0.4, 0.5) is 5.69 Å². The number of benzene rings is 1. The van der Waals surface area contributed by atoms with Crippen molar-refractivity contribution >= 4 is 44.9 Å². The first-order valence-corrected chi connectivity index (χ1v) is 7.47. The molecule has 1 N–H and O–H groups in total. The molecule has 0 radical (unpaired) electrons. The van der Waals surface area contributed by atoms with Gasteiger partial charge >= 0.3 is 0 Å². The summed E-state index contributed by atoms with van der Waals surface area (Å²) in [4.78, 5) is 7.14. The smallest absolute Gasteiger partial charge is 0.0868 e. The van der Waals surface area contributed by atoms with Crippen molar-refractivity contribution < 1.29 is 0 Å². The summed E-state index contributed by atoms with van der Waals surface area (Å²) in [7, 11) is 0. The second kappa shape index (κ2) is 6.29. The number of aromatic nitrogens is 1. The number of fused-ring (bicyclic) bond motifs is 1. The molecule has 2 aromatic rings. The maximum atomic E-state index is 4.68. The van der Waals surface area contributed by atoms with E-state index in [1.165, 1.54) is 16.6 Å². The van der Waals surface area contributed by atoms with Gasteiger partial charge in [0.1, 0.15) is 0 Å². The molecule has 0 atom stereocenters. The number of aryl methyl sites for hydroxylation is 2. The monoisotopic (exact) mass is 355 g/mol. The minimum absolute atomic E-state index is 0. The Morgan fingerprint density at radius 2 is 1.85 bits per heavy atom. The number of pyridine rings is 1. The third-order valence-electron chi connectivity index (χ3n) is 3.58. The van der Waals surface area contributed by atoms with Crippen molar-refractivity contribution in [1.29, 1.82) is 0 Å². The van der Waals surface area contributed by atoms with Gasteiger partial charge in [-0.15, -0.1) is 12.4 Å². The Balaban J connectivity index is 0.00000147. The topological polar surface area (TPSA) is 28.2 Å². The molecular formula is C15H19BrClN3. The van der Waals surface area contributed by atoms with E-state index < -0.39 is 0 Å². The van der Waals surface area contributed by atoms with Gasteiger partial charge in [-0.1, -0.05) is 0 Å². The Bertz CT molecular complexity index is 624. The van der Waals surface area contributed by atoms with Crippen molar-refractivity contribution in [2.45, 2.75) is 13.8 Å². The summed E-state index contributed by atoms with van der Waals surface area (Å²) in [5.41, 5.74) is 4.72. The van der Waals surface area contributed by atoms with Crippen LogP contribution in [-0.2, 0) is 0 Å². The van der Waals surface area contributed by atoms with Gasteiger partial charge in [-0.25, -0.2) is 0 Å². The number of hydrogen-bond donors (Lipinski definition) is 1. The number of rotatable bonds is 1. The third-order valence-corrected chi connectivity index (χ3v) is 4.18. The van der Waals surface area contributed by atoms with Crippen LogP contribution in [0.3, 0.4) is 0 Å². The highest BCUT2D eigenvalue weighted by atomic mass is 79.9. The molecule has 1 aromatic carbocycles. The molecule has 108 valence electrons. The van der Waals surface area contributed by atoms with Crippen LogP contribution < -0.4 is 10.2 Å². The maximum absolute atomic E-state index is 4.68. The van der Waals surface area contributed by atoms with Crippen LogP contribution in [0.1, 0.15) is 11.3 Å². The van der Waals surface area contributed by atoms with Gasteiger partial charge in [-0.05, 0) is 53.5 Å². The van der Waals surface area contributed by atoms with E-state index in [1.807, 2.05) is 0 Å². The molecule has 0 bridgehead atoms. The quantitative estimate of drug-likeness (QED) is 0.848. The lowest BCUT2D eigenvalue weighted by molar-refractivity contribution is 0.590. The zero-order chi connectivity index (χ0) is 13.4. The van der Waals surface area contributed by atoms with Gasteiger partial charge in [-0.3, -0.25) is 4.98 Å². The van der Waals surface area contributed by atoms with E-state index in [0.717, 1.165) is 41.9 Å². The predicted molar refractivity (Wildman–Crippen MR) is 91.2 cm³/mol. The predicted octanol–water partition coefficient (Wildman–Crippen LogP) is 3.45. The van der Waals surface area contributed by atoms with Crippen molar-refractivity contribution in [3.8, 4) is 0 Å². The van der Waals surface area contributed by atoms with Crippen LogP contribution in [0.5, 0.6) is 0 Å². The minimum atomic E-state index is 0. The molecule has 3 rings (SSSR count). The highest BCUT2D eigenvalue weighted by Crippen LogP contribution is 2.32. The lowest BCUT2D eigenvalue weighted by Gasteiger charge is -2.30. The average molecular weight is 357 g/mol. The molecule has 1 fully saturated rings. The largest absolute Gasteiger partial charge is 0.368 e. The second-order valence-corrected chi connectivity index (χ2v) is 6.02. The van der Waals surface area contributed by atoms with Gasteiger partial charge in [0, 0.05) is 47.4 Å². The van der Waals surface area contributed by atoms with Crippen LogP contribution in [0.25, 0.3) is 10.9 Å². The maximum Gasteiger partial charge on any atom is 0.0868 e. The first-order valence-electron chi connectivity index (χ1n) is 6.68. The summed E-state index contributed by atoms with van der Waals surface area (Å²) >= 11 is 3.65. The summed E-state index contributed by atoms with van der Waals surface area (Å²) in [6.45, 7) is 8.42. The van der Waals surface area contributed by atoms with E-state index in [4.69, 9.17) is 0 Å². The fourth-order valence-electron chi connectivity index (χ4n) is 2.70. The fourth-order valence-corrected chi connectivity index (χ4v) is 3.36. The molecule has 3 nitrogen and oxygen atoms in total. The van der Waals surface area contributed by atoms with E-state index in [-0.39, 0.29) is 12.4 Å². The van der Waals surface area contributed by atoms with Crippen LogP contribution >= 0.6 is 28.3 Å². The molecule has 20 heavy (non-hydrogen) atoms. The van der Waals surface area contributed by atoms with Gasteiger partial charge in [0.15, 0.2) is 0 Å². The number of nitrogens with zero attached hydrogens (tertiary/aromatic N) is 2. The fraction of sp³-hybridized carbons (Fsp3) is 0.400. The summed E-state index contributed by atoms with van der Waals surface area (Å²) in [6.07, 6.45) is 0. The van der Waals surface area contributed by atoms with E-state index in [1.54, 1.807) is 0 Å². The molecule has 1 aliphatic rings. The molecule has 1 aliphatic heterocycles. The van der Waals surface area contributed by atoms with Crippen molar-refractivity contribution in [1.82, 2.24) is 10.3 Å². The lowest BCUT2D eigenvalue weighted by Crippen LogP contribution is -2.43. The minimum Gasteiger partial charge on any atom is -0.368 e. The van der Waals surface area contributed by atoms with E-state index >= 15 is 0 Å². The molecule has 2 heterocycles. The third kappa shape index (κ3) is 2.92. The summed E-state index contributed by atoms with van der Waals surface area (Å²) in [6, 6.07) is 6.58. The molecule has 1 saturated heterocycles. The van der Waals surface area contributed by atoms with Crippen LogP contribution in [0, 0.1) is 13.8 Å².